The molecule has 0 amide bonds. The van der Waals surface area contributed by atoms with E-state index in [0.29, 0.717) is 0 Å². The van der Waals surface area contributed by atoms with Gasteiger partial charge in [-0.3, -0.25) is 9.59 Å². The van der Waals surface area contributed by atoms with Crippen LogP contribution in [0.3, 0.4) is 0 Å². The fourth-order valence-corrected chi connectivity index (χ4v) is 0.859. The van der Waals surface area contributed by atoms with Gasteiger partial charge in [-0.05, 0) is 6.92 Å². The molecular formula is C8H10N2O4. The number of aromatic hydroxyl groups is 1. The summed E-state index contributed by atoms with van der Waals surface area (Å²) in [5.74, 6) is -1.58. The summed E-state index contributed by atoms with van der Waals surface area (Å²) in [6.07, 6.45) is 1.32. The Labute approximate surface area is 79.2 Å². The monoisotopic (exact) mass is 198 g/mol. The summed E-state index contributed by atoms with van der Waals surface area (Å²) in [7, 11) is 0. The molecule has 1 atom stereocenters. The molecule has 4 N–H and O–H groups in total. The van der Waals surface area contributed by atoms with Gasteiger partial charge in [0.1, 0.15) is 6.04 Å². The van der Waals surface area contributed by atoms with Gasteiger partial charge >= 0.3 is 5.97 Å². The number of carboxylic acid groups (broad SMARTS) is 1. The van der Waals surface area contributed by atoms with Crippen LogP contribution in [-0.2, 0) is 4.79 Å². The molecule has 0 aliphatic heterocycles. The Morgan fingerprint density at radius 1 is 1.64 bits per heavy atom. The summed E-state index contributed by atoms with van der Waals surface area (Å²) in [5.41, 5.74) is -0.566. The minimum absolute atomic E-state index is 0.00685. The smallest absolute Gasteiger partial charge is 0.325 e. The first-order valence-electron chi connectivity index (χ1n) is 3.92. The normalized spacial score (nSPS) is 12.1. The first-order chi connectivity index (χ1) is 6.52. The lowest BCUT2D eigenvalue weighted by atomic mass is 10.3. The van der Waals surface area contributed by atoms with Crippen molar-refractivity contribution in [2.45, 2.75) is 13.0 Å². The molecule has 6 nitrogen and oxygen atoms in total. The summed E-state index contributed by atoms with van der Waals surface area (Å²) >= 11 is 0. The van der Waals surface area contributed by atoms with Crippen LogP contribution in [0, 0.1) is 0 Å². The standard InChI is InChI=1S/C8H10N2O4/c1-4(8(13)14)10-7-6(12)5(11)2-3-9-7/h2-4,12H,1H3,(H,13,14)(H2,9,10,11). The molecule has 0 fully saturated rings. The molecule has 0 bridgehead atoms. The van der Waals surface area contributed by atoms with Crippen molar-refractivity contribution in [2.75, 3.05) is 5.32 Å². The van der Waals surface area contributed by atoms with E-state index in [1.54, 1.807) is 0 Å². The Bertz CT molecular complexity index is 399. The van der Waals surface area contributed by atoms with Crippen molar-refractivity contribution in [3.63, 3.8) is 0 Å². The second kappa shape index (κ2) is 3.82. The quantitative estimate of drug-likeness (QED) is 0.546. The van der Waals surface area contributed by atoms with Crippen LogP contribution >= 0.6 is 0 Å². The number of rotatable bonds is 3. The number of carbonyl (C=O) groups is 1. The number of nitrogens with one attached hydrogen (secondary N) is 2. The summed E-state index contributed by atoms with van der Waals surface area (Å²) in [5, 5.41) is 20.2. The van der Waals surface area contributed by atoms with Crippen molar-refractivity contribution >= 4 is 11.8 Å². The fraction of sp³-hybridized carbons (Fsp3) is 0.250. The van der Waals surface area contributed by atoms with Crippen LogP contribution in [0.4, 0.5) is 5.82 Å². The molecule has 14 heavy (non-hydrogen) atoms. The van der Waals surface area contributed by atoms with Gasteiger partial charge < -0.3 is 20.5 Å². The number of carboxylic acids is 1. The van der Waals surface area contributed by atoms with Gasteiger partial charge in [-0.1, -0.05) is 0 Å². The van der Waals surface area contributed by atoms with E-state index in [4.69, 9.17) is 5.11 Å². The molecule has 1 aromatic heterocycles. The number of aromatic nitrogens is 1. The highest BCUT2D eigenvalue weighted by Crippen LogP contribution is 2.14. The van der Waals surface area contributed by atoms with Gasteiger partial charge in [-0.25, -0.2) is 0 Å². The summed E-state index contributed by atoms with van der Waals surface area (Å²) in [6.45, 7) is 1.40. The predicted molar refractivity (Wildman–Crippen MR) is 49.4 cm³/mol. The highest BCUT2D eigenvalue weighted by molar-refractivity contribution is 5.76. The Morgan fingerprint density at radius 2 is 2.29 bits per heavy atom. The molecule has 76 valence electrons. The van der Waals surface area contributed by atoms with Crippen LogP contribution in [0.15, 0.2) is 17.1 Å². The van der Waals surface area contributed by atoms with Gasteiger partial charge in [0.05, 0.1) is 0 Å². The molecule has 0 saturated heterocycles. The summed E-state index contributed by atoms with van der Waals surface area (Å²) in [4.78, 5) is 23.9. The predicted octanol–water partition coefficient (Wildman–Crippen LogP) is -0.0345. The van der Waals surface area contributed by atoms with Gasteiger partial charge in [0.15, 0.2) is 5.82 Å². The fourth-order valence-electron chi connectivity index (χ4n) is 0.859. The zero-order chi connectivity index (χ0) is 10.7. The largest absolute Gasteiger partial charge is 0.502 e. The third-order valence-corrected chi connectivity index (χ3v) is 1.66. The molecule has 1 rings (SSSR count). The highest BCUT2D eigenvalue weighted by Gasteiger charge is 2.13. The van der Waals surface area contributed by atoms with Gasteiger partial charge in [-0.15, -0.1) is 0 Å². The highest BCUT2D eigenvalue weighted by atomic mass is 16.4. The van der Waals surface area contributed by atoms with Crippen molar-refractivity contribution < 1.29 is 15.0 Å². The lowest BCUT2D eigenvalue weighted by molar-refractivity contribution is -0.137. The van der Waals surface area contributed by atoms with Gasteiger partial charge in [0.25, 0.3) is 0 Å². The van der Waals surface area contributed by atoms with Crippen LogP contribution in [0.5, 0.6) is 5.75 Å². The van der Waals surface area contributed by atoms with Gasteiger partial charge in [0.2, 0.25) is 11.2 Å². The Morgan fingerprint density at radius 3 is 2.86 bits per heavy atom. The molecule has 0 aliphatic rings. The number of aromatic amines is 1. The summed E-state index contributed by atoms with van der Waals surface area (Å²) in [6, 6.07) is 0.255. The van der Waals surface area contributed by atoms with Crippen molar-refractivity contribution in [3.05, 3.63) is 22.5 Å². The zero-order valence-electron chi connectivity index (χ0n) is 7.44. The first kappa shape index (κ1) is 10.1. The Hall–Kier alpha value is -1.98. The lowest BCUT2D eigenvalue weighted by Crippen LogP contribution is -2.26. The van der Waals surface area contributed by atoms with Crippen molar-refractivity contribution in [2.24, 2.45) is 0 Å². The van der Waals surface area contributed by atoms with Crippen molar-refractivity contribution in [1.29, 1.82) is 0 Å². The second-order valence-corrected chi connectivity index (χ2v) is 2.77. The molecule has 1 aromatic rings. The van der Waals surface area contributed by atoms with E-state index in [9.17, 15) is 14.7 Å². The van der Waals surface area contributed by atoms with E-state index in [-0.39, 0.29) is 5.82 Å². The zero-order valence-corrected chi connectivity index (χ0v) is 7.44. The van der Waals surface area contributed by atoms with E-state index in [0.717, 1.165) is 6.07 Å². The van der Waals surface area contributed by atoms with Crippen LogP contribution in [-0.4, -0.2) is 27.2 Å². The average molecular weight is 198 g/mol. The number of pyridine rings is 1. The van der Waals surface area contributed by atoms with Crippen LogP contribution in [0.1, 0.15) is 6.92 Å². The molecule has 0 aromatic carbocycles. The average Bonchev–Trinajstić information content (AvgIpc) is 2.12. The van der Waals surface area contributed by atoms with Gasteiger partial charge in [-0.2, -0.15) is 0 Å². The van der Waals surface area contributed by atoms with E-state index in [2.05, 4.69) is 10.3 Å². The molecule has 1 heterocycles. The minimum Gasteiger partial charge on any atom is -0.502 e. The van der Waals surface area contributed by atoms with Crippen LogP contribution in [0.2, 0.25) is 0 Å². The molecule has 0 spiro atoms. The van der Waals surface area contributed by atoms with E-state index in [1.165, 1.54) is 13.1 Å². The lowest BCUT2D eigenvalue weighted by Gasteiger charge is -2.10. The first-order valence-corrected chi connectivity index (χ1v) is 3.92. The van der Waals surface area contributed by atoms with E-state index < -0.39 is 23.2 Å². The Balaban J connectivity index is 2.92. The minimum atomic E-state index is -1.07. The number of aliphatic carboxylic acids is 1. The van der Waals surface area contributed by atoms with Crippen molar-refractivity contribution in [1.82, 2.24) is 4.98 Å². The van der Waals surface area contributed by atoms with E-state index >= 15 is 0 Å². The topological polar surface area (TPSA) is 102 Å². The molecule has 1 unspecified atom stereocenters. The van der Waals surface area contributed by atoms with Crippen LogP contribution in [0.25, 0.3) is 0 Å². The van der Waals surface area contributed by atoms with Crippen molar-refractivity contribution in [3.8, 4) is 5.75 Å². The van der Waals surface area contributed by atoms with Crippen LogP contribution < -0.4 is 10.7 Å². The van der Waals surface area contributed by atoms with Gasteiger partial charge in [0, 0.05) is 12.3 Å². The Kier molecular flexibility index (Phi) is 2.76. The molecule has 0 radical (unpaired) electrons. The maximum atomic E-state index is 10.9. The number of hydrogen-bond donors (Lipinski definition) is 4. The maximum Gasteiger partial charge on any atom is 0.325 e. The molecule has 0 saturated carbocycles. The third-order valence-electron chi connectivity index (χ3n) is 1.66. The molecule has 6 heteroatoms. The third kappa shape index (κ3) is 2.03. The van der Waals surface area contributed by atoms with E-state index in [1.807, 2.05) is 0 Å². The summed E-state index contributed by atoms with van der Waals surface area (Å²) < 4.78 is 0. The molecular weight excluding hydrogens is 188 g/mol. The number of H-pyrrole nitrogens is 1. The molecule has 0 aliphatic carbocycles. The second-order valence-electron chi connectivity index (χ2n) is 2.77. The number of anilines is 1. The SMILES string of the molecule is CC(Nc1[nH]ccc(=O)c1O)C(=O)O. The number of hydrogen-bond acceptors (Lipinski definition) is 4. The maximum absolute atomic E-state index is 10.9.